The van der Waals surface area contributed by atoms with E-state index in [1.807, 2.05) is 0 Å². The number of aryl methyl sites for hydroxylation is 2. The van der Waals surface area contributed by atoms with Gasteiger partial charge >= 0.3 is 0 Å². The number of benzene rings is 1. The van der Waals surface area contributed by atoms with Crippen molar-refractivity contribution in [3.05, 3.63) is 51.4 Å². The zero-order valence-electron chi connectivity index (χ0n) is 24.6. The van der Waals surface area contributed by atoms with E-state index in [4.69, 9.17) is 15.8 Å². The van der Waals surface area contributed by atoms with Gasteiger partial charge < -0.3 is 10.2 Å². The lowest BCUT2D eigenvalue weighted by Gasteiger charge is -2.36. The molecule has 39 heavy (non-hydrogen) atoms. The van der Waals surface area contributed by atoms with Crippen LogP contribution >= 0.6 is 11.3 Å². The van der Waals surface area contributed by atoms with E-state index in [1.54, 1.807) is 30.1 Å². The minimum absolute atomic E-state index is 0.0737. The van der Waals surface area contributed by atoms with Gasteiger partial charge in [-0.25, -0.2) is 0 Å². The first kappa shape index (κ1) is 30.7. The molecule has 2 aromatic rings. The molecule has 1 aromatic carbocycles. The van der Waals surface area contributed by atoms with Crippen molar-refractivity contribution in [1.29, 1.82) is 10.8 Å². The van der Waals surface area contributed by atoms with Gasteiger partial charge in [0.15, 0.2) is 0 Å². The number of fused-ring (bicyclic) bond motifs is 1. The van der Waals surface area contributed by atoms with Crippen LogP contribution in [0.4, 0.5) is 5.00 Å². The number of hydrogen-bond donors (Lipinski definition) is 3. The highest BCUT2D eigenvalue weighted by Gasteiger charge is 2.29. The molecule has 9 heteroatoms. The largest absolute Gasteiger partial charge is 0.356 e. The van der Waals surface area contributed by atoms with Crippen LogP contribution in [0.2, 0.25) is 0 Å². The zero-order valence-corrected chi connectivity index (χ0v) is 25.5. The minimum atomic E-state index is 0.0737. The molecular formula is C30H45N7OS. The quantitative estimate of drug-likeness (QED) is 0.272. The maximum atomic E-state index is 10.7. The van der Waals surface area contributed by atoms with Crippen molar-refractivity contribution < 1.29 is 4.79 Å². The van der Waals surface area contributed by atoms with E-state index in [1.165, 1.54) is 29.1 Å². The molecule has 0 spiro atoms. The third-order valence-electron chi connectivity index (χ3n) is 7.29. The Morgan fingerprint density at radius 1 is 1.08 bits per heavy atom. The third kappa shape index (κ3) is 8.06. The molecule has 0 radical (unpaired) electrons. The van der Waals surface area contributed by atoms with Gasteiger partial charge in [-0.15, -0.1) is 11.3 Å². The average Bonchev–Trinajstić information content (AvgIpc) is 3.07. The van der Waals surface area contributed by atoms with Crippen molar-refractivity contribution in [2.45, 2.75) is 60.9 Å². The van der Waals surface area contributed by atoms with Crippen LogP contribution in [0.5, 0.6) is 0 Å². The number of nitrogens with zero attached hydrogens (tertiary/aromatic N) is 4. The molecule has 0 bridgehead atoms. The number of amides is 1. The normalized spacial score (nSPS) is 16.3. The first-order chi connectivity index (χ1) is 18.5. The van der Waals surface area contributed by atoms with Gasteiger partial charge in [-0.1, -0.05) is 29.8 Å². The molecule has 1 saturated heterocycles. The van der Waals surface area contributed by atoms with E-state index in [9.17, 15) is 4.79 Å². The summed E-state index contributed by atoms with van der Waals surface area (Å²) in [5.41, 5.74) is 5.45. The van der Waals surface area contributed by atoms with Crippen molar-refractivity contribution >= 4 is 39.6 Å². The molecule has 1 aromatic heterocycles. The van der Waals surface area contributed by atoms with Gasteiger partial charge in [0, 0.05) is 61.7 Å². The van der Waals surface area contributed by atoms with Gasteiger partial charge in [0.2, 0.25) is 5.91 Å². The second-order valence-electron chi connectivity index (χ2n) is 10.7. The summed E-state index contributed by atoms with van der Waals surface area (Å²) in [5.74, 6) is 0.782. The first-order valence-corrected chi connectivity index (χ1v) is 14.7. The van der Waals surface area contributed by atoms with E-state index in [2.05, 4.69) is 74.0 Å². The number of piperazine rings is 1. The molecule has 3 N–H and O–H groups in total. The average molecular weight is 552 g/mol. The standard InChI is InChI=1S/C18H20N4S.C12H25N3O/c1-10-5-7-14(8-6-10)17-16-11(2)12(3)23-18(16)22(13(4)19)15(20)9-21-17;1-11(2)15-9-7-14(8-10-15)6-4-5-13-12(3)16/h5-8,19-20H,9H2,1-4H3;11H,4-10H2,1-3H3,(H,13,16). The Bertz CT molecular complexity index is 1190. The van der Waals surface area contributed by atoms with Gasteiger partial charge in [-0.2, -0.15) is 0 Å². The molecule has 1 fully saturated rings. The Morgan fingerprint density at radius 3 is 2.28 bits per heavy atom. The molecule has 212 valence electrons. The zero-order chi connectivity index (χ0) is 28.7. The predicted octanol–water partition coefficient (Wildman–Crippen LogP) is 4.84. The molecular weight excluding hydrogens is 506 g/mol. The number of amidine groups is 2. The van der Waals surface area contributed by atoms with E-state index in [0.717, 1.165) is 54.4 Å². The molecule has 4 rings (SSSR count). The summed E-state index contributed by atoms with van der Waals surface area (Å²) in [6.07, 6.45) is 1.06. The van der Waals surface area contributed by atoms with Crippen molar-refractivity contribution in [3.8, 4) is 0 Å². The van der Waals surface area contributed by atoms with Crippen LogP contribution in [0, 0.1) is 31.6 Å². The highest BCUT2D eigenvalue weighted by molar-refractivity contribution is 7.17. The number of thiophene rings is 1. The highest BCUT2D eigenvalue weighted by Crippen LogP contribution is 2.38. The van der Waals surface area contributed by atoms with Crippen LogP contribution in [0.15, 0.2) is 29.3 Å². The molecule has 0 atom stereocenters. The van der Waals surface area contributed by atoms with Gasteiger partial charge in [0.1, 0.15) is 16.7 Å². The van der Waals surface area contributed by atoms with Crippen LogP contribution in [-0.4, -0.2) is 84.9 Å². The molecule has 2 aliphatic heterocycles. The molecule has 8 nitrogen and oxygen atoms in total. The molecule has 2 aliphatic rings. The van der Waals surface area contributed by atoms with Crippen LogP contribution < -0.4 is 10.2 Å². The SMILES string of the molecule is CC(=N)N1C(=N)CN=C(c2ccc(C)cc2)c2c1sc(C)c2C.CC(=O)NCCCN1CCN(C(C)C)CC1. The lowest BCUT2D eigenvalue weighted by atomic mass is 9.99. The lowest BCUT2D eigenvalue weighted by molar-refractivity contribution is -0.118. The summed E-state index contributed by atoms with van der Waals surface area (Å²) in [4.78, 5) is 23.3. The summed E-state index contributed by atoms with van der Waals surface area (Å²) in [6, 6.07) is 9.01. The van der Waals surface area contributed by atoms with Crippen molar-refractivity contribution in [3.63, 3.8) is 0 Å². The smallest absolute Gasteiger partial charge is 0.216 e. The van der Waals surface area contributed by atoms with Gasteiger partial charge in [0.05, 0.1) is 12.3 Å². The maximum absolute atomic E-state index is 10.7. The van der Waals surface area contributed by atoms with E-state index in [-0.39, 0.29) is 5.91 Å². The number of hydrogen-bond acceptors (Lipinski definition) is 7. The van der Waals surface area contributed by atoms with Gasteiger partial charge in [-0.05, 0) is 60.1 Å². The van der Waals surface area contributed by atoms with E-state index < -0.39 is 0 Å². The number of carbonyl (C=O) groups excluding carboxylic acids is 1. The summed E-state index contributed by atoms with van der Waals surface area (Å²) < 4.78 is 0. The van der Waals surface area contributed by atoms with E-state index in [0.29, 0.717) is 24.3 Å². The molecule has 0 saturated carbocycles. The Balaban J connectivity index is 0.000000231. The Hall–Kier alpha value is -2.88. The Morgan fingerprint density at radius 2 is 1.72 bits per heavy atom. The number of aliphatic imine (C=N–C) groups is 1. The van der Waals surface area contributed by atoms with Gasteiger partial charge in [0.25, 0.3) is 0 Å². The highest BCUT2D eigenvalue weighted by atomic mass is 32.1. The third-order valence-corrected chi connectivity index (χ3v) is 8.48. The first-order valence-electron chi connectivity index (χ1n) is 13.8. The van der Waals surface area contributed by atoms with Crippen molar-refractivity contribution in [1.82, 2.24) is 15.1 Å². The van der Waals surface area contributed by atoms with Crippen LogP contribution in [0.1, 0.15) is 61.2 Å². The second kappa shape index (κ2) is 14.0. The second-order valence-corrected chi connectivity index (χ2v) is 11.9. The number of rotatable bonds is 6. The van der Waals surface area contributed by atoms with E-state index >= 15 is 0 Å². The predicted molar refractivity (Wildman–Crippen MR) is 166 cm³/mol. The fraction of sp³-hybridized carbons (Fsp3) is 0.533. The van der Waals surface area contributed by atoms with Crippen molar-refractivity contribution in [2.24, 2.45) is 4.99 Å². The lowest BCUT2D eigenvalue weighted by Crippen LogP contribution is -2.49. The fourth-order valence-electron chi connectivity index (χ4n) is 4.84. The summed E-state index contributed by atoms with van der Waals surface area (Å²) >= 11 is 1.64. The minimum Gasteiger partial charge on any atom is -0.356 e. The summed E-state index contributed by atoms with van der Waals surface area (Å²) in [7, 11) is 0. The summed E-state index contributed by atoms with van der Waals surface area (Å²) in [6.45, 7) is 20.9. The fourth-order valence-corrected chi connectivity index (χ4v) is 6.08. The number of nitrogens with one attached hydrogen (secondary N) is 3. The van der Waals surface area contributed by atoms with Crippen molar-refractivity contribution in [2.75, 3.05) is 50.7 Å². The van der Waals surface area contributed by atoms with Gasteiger partial charge in [-0.3, -0.25) is 30.4 Å². The maximum Gasteiger partial charge on any atom is 0.216 e. The Kier molecular flexibility index (Phi) is 11.0. The molecule has 3 heterocycles. The molecule has 1 amide bonds. The number of carbonyl (C=O) groups is 1. The van der Waals surface area contributed by atoms with Crippen LogP contribution in [0.25, 0.3) is 0 Å². The summed E-state index contributed by atoms with van der Waals surface area (Å²) in [5, 5.41) is 20.1. The number of anilines is 1. The monoisotopic (exact) mass is 551 g/mol. The Labute approximate surface area is 238 Å². The topological polar surface area (TPSA) is 98.9 Å². The van der Waals surface area contributed by atoms with Crippen LogP contribution in [0.3, 0.4) is 0 Å². The molecule has 0 aliphatic carbocycles. The van der Waals surface area contributed by atoms with Crippen LogP contribution in [-0.2, 0) is 4.79 Å². The molecule has 0 unspecified atom stereocenters.